The van der Waals surface area contributed by atoms with Crippen molar-refractivity contribution in [2.75, 3.05) is 0 Å². The van der Waals surface area contributed by atoms with Gasteiger partial charge in [0.25, 0.3) is 0 Å². The summed E-state index contributed by atoms with van der Waals surface area (Å²) in [4.78, 5) is 25.7. The second-order valence-electron chi connectivity index (χ2n) is 9.96. The molecule has 1 aliphatic rings. The van der Waals surface area contributed by atoms with Gasteiger partial charge >= 0.3 is 5.97 Å². The number of amides is 1. The van der Waals surface area contributed by atoms with Crippen LogP contribution in [0.1, 0.15) is 54.1 Å². The quantitative estimate of drug-likeness (QED) is 0.304. The predicted molar refractivity (Wildman–Crippen MR) is 142 cm³/mol. The monoisotopic (exact) mass is 516 g/mol. The molecule has 1 heterocycles. The van der Waals surface area contributed by atoms with Crippen molar-refractivity contribution in [3.8, 4) is 0 Å². The van der Waals surface area contributed by atoms with Crippen LogP contribution in [-0.4, -0.2) is 27.6 Å². The maximum atomic E-state index is 14.3. The van der Waals surface area contributed by atoms with Crippen molar-refractivity contribution in [2.24, 2.45) is 0 Å². The Bertz CT molecular complexity index is 1460. The van der Waals surface area contributed by atoms with E-state index >= 15 is 0 Å². The van der Waals surface area contributed by atoms with Gasteiger partial charge < -0.3 is 15.0 Å². The van der Waals surface area contributed by atoms with E-state index in [1.165, 1.54) is 24.3 Å². The molecule has 4 aromatic rings. The molecule has 196 valence electrons. The number of halogens is 2. The first-order valence-electron chi connectivity index (χ1n) is 13.0. The Hall–Kier alpha value is -4.00. The number of nitrogens with one attached hydrogen (secondary N) is 1. The van der Waals surface area contributed by atoms with Gasteiger partial charge in [0, 0.05) is 22.6 Å². The summed E-state index contributed by atoms with van der Waals surface area (Å²) >= 11 is 0. The zero-order valence-corrected chi connectivity index (χ0v) is 21.2. The number of carbonyl (C=O) groups is 2. The Morgan fingerprint density at radius 1 is 1.03 bits per heavy atom. The summed E-state index contributed by atoms with van der Waals surface area (Å²) in [5, 5.41) is 13.8. The molecule has 0 bridgehead atoms. The molecule has 0 fully saturated rings. The molecule has 0 radical (unpaired) electrons. The van der Waals surface area contributed by atoms with Crippen molar-refractivity contribution in [3.63, 3.8) is 0 Å². The lowest BCUT2D eigenvalue weighted by atomic mass is 9.88. The van der Waals surface area contributed by atoms with Gasteiger partial charge in [0.1, 0.15) is 17.7 Å². The Labute approximate surface area is 220 Å². The standard InChI is InChI=1S/C31H30F2N2O3/c1-2-27(31(37)38)35-28-14-12-22(33)17-25(28)26-18-23(13-15-29(26)35)34-30(36)24(20-6-4-3-5-7-20)16-19-8-10-21(32)11-9-19/h3-12,14,17,23-24,27H,2,13,15-16,18H2,1H3,(H,34,36)(H,37,38)/t23-,24-,27?/m0/s1. The summed E-state index contributed by atoms with van der Waals surface area (Å²) in [6.07, 6.45) is 2.54. The van der Waals surface area contributed by atoms with Gasteiger partial charge in [-0.2, -0.15) is 0 Å². The van der Waals surface area contributed by atoms with E-state index < -0.39 is 17.9 Å². The summed E-state index contributed by atoms with van der Waals surface area (Å²) in [7, 11) is 0. The van der Waals surface area contributed by atoms with Crippen LogP contribution < -0.4 is 5.32 Å². The van der Waals surface area contributed by atoms with E-state index in [2.05, 4.69) is 5.32 Å². The molecule has 5 nitrogen and oxygen atoms in total. The summed E-state index contributed by atoms with van der Waals surface area (Å²) < 4.78 is 29.6. The third-order valence-corrected chi connectivity index (χ3v) is 7.56. The molecule has 2 N–H and O–H groups in total. The van der Waals surface area contributed by atoms with Gasteiger partial charge in [-0.3, -0.25) is 4.79 Å². The smallest absolute Gasteiger partial charge is 0.326 e. The first-order valence-corrected chi connectivity index (χ1v) is 13.0. The number of carboxylic acids is 1. The minimum atomic E-state index is -0.918. The highest BCUT2D eigenvalue weighted by atomic mass is 19.1. The number of benzene rings is 3. The number of carbonyl (C=O) groups excluding carboxylic acids is 1. The van der Waals surface area contributed by atoms with Crippen LogP contribution in [0.2, 0.25) is 0 Å². The normalized spacial score (nSPS) is 16.6. The van der Waals surface area contributed by atoms with E-state index in [-0.39, 0.29) is 23.6 Å². The van der Waals surface area contributed by atoms with Gasteiger partial charge in [-0.1, -0.05) is 49.4 Å². The Balaban J connectivity index is 1.44. The number of rotatable bonds is 8. The van der Waals surface area contributed by atoms with E-state index in [9.17, 15) is 23.5 Å². The van der Waals surface area contributed by atoms with Crippen LogP contribution in [0, 0.1) is 11.6 Å². The van der Waals surface area contributed by atoms with Gasteiger partial charge in [0.2, 0.25) is 5.91 Å². The molecule has 5 rings (SSSR count). The van der Waals surface area contributed by atoms with Crippen molar-refractivity contribution in [2.45, 2.75) is 57.0 Å². The summed E-state index contributed by atoms with van der Waals surface area (Å²) in [5.74, 6) is -2.20. The van der Waals surface area contributed by atoms with Crippen LogP contribution in [0.25, 0.3) is 10.9 Å². The van der Waals surface area contributed by atoms with Crippen LogP contribution in [0.3, 0.4) is 0 Å². The fourth-order valence-corrected chi connectivity index (χ4v) is 5.72. The van der Waals surface area contributed by atoms with E-state index in [4.69, 9.17) is 0 Å². The minimum absolute atomic E-state index is 0.124. The maximum absolute atomic E-state index is 14.3. The van der Waals surface area contributed by atoms with Crippen LogP contribution in [0.5, 0.6) is 0 Å². The molecule has 7 heteroatoms. The van der Waals surface area contributed by atoms with E-state index in [0.717, 1.165) is 22.4 Å². The van der Waals surface area contributed by atoms with Crippen LogP contribution >= 0.6 is 0 Å². The van der Waals surface area contributed by atoms with Gasteiger partial charge in [0.15, 0.2) is 0 Å². The molecule has 1 aromatic heterocycles. The number of fused-ring (bicyclic) bond motifs is 3. The second-order valence-corrected chi connectivity index (χ2v) is 9.96. The lowest BCUT2D eigenvalue weighted by Crippen LogP contribution is -2.42. The molecular weight excluding hydrogens is 486 g/mol. The van der Waals surface area contributed by atoms with Crippen molar-refractivity contribution in [1.29, 1.82) is 0 Å². The largest absolute Gasteiger partial charge is 0.480 e. The van der Waals surface area contributed by atoms with Crippen molar-refractivity contribution >= 4 is 22.8 Å². The van der Waals surface area contributed by atoms with Crippen LogP contribution in [0.4, 0.5) is 8.78 Å². The van der Waals surface area contributed by atoms with Gasteiger partial charge in [0.05, 0.1) is 5.92 Å². The molecule has 1 aliphatic carbocycles. The molecule has 3 atom stereocenters. The first kappa shape index (κ1) is 25.6. The van der Waals surface area contributed by atoms with Crippen LogP contribution in [0.15, 0.2) is 72.8 Å². The topological polar surface area (TPSA) is 71.3 Å². The number of hydrogen-bond acceptors (Lipinski definition) is 2. The lowest BCUT2D eigenvalue weighted by molar-refractivity contribution is -0.141. The summed E-state index contributed by atoms with van der Waals surface area (Å²) in [6.45, 7) is 1.83. The van der Waals surface area contributed by atoms with E-state index in [1.807, 2.05) is 41.8 Å². The van der Waals surface area contributed by atoms with Gasteiger partial charge in [-0.05, 0) is 79.1 Å². The molecule has 38 heavy (non-hydrogen) atoms. The number of aliphatic carboxylic acids is 1. The molecule has 1 unspecified atom stereocenters. The zero-order valence-electron chi connectivity index (χ0n) is 21.2. The van der Waals surface area contributed by atoms with Crippen molar-refractivity contribution in [3.05, 3.63) is 107 Å². The molecule has 0 saturated heterocycles. The zero-order chi connectivity index (χ0) is 26.8. The van der Waals surface area contributed by atoms with E-state index in [1.54, 1.807) is 18.2 Å². The Kier molecular flexibility index (Phi) is 7.27. The Morgan fingerprint density at radius 3 is 2.42 bits per heavy atom. The molecule has 0 saturated carbocycles. The fourth-order valence-electron chi connectivity index (χ4n) is 5.72. The van der Waals surface area contributed by atoms with Crippen molar-refractivity contribution in [1.82, 2.24) is 9.88 Å². The van der Waals surface area contributed by atoms with Gasteiger partial charge in [-0.25, -0.2) is 13.6 Å². The summed E-state index contributed by atoms with van der Waals surface area (Å²) in [6, 6.07) is 19.3. The predicted octanol–water partition coefficient (Wildman–Crippen LogP) is 5.96. The number of aromatic nitrogens is 1. The van der Waals surface area contributed by atoms with Crippen LogP contribution in [-0.2, 0) is 28.9 Å². The molecular formula is C31H30F2N2O3. The van der Waals surface area contributed by atoms with Crippen molar-refractivity contribution < 1.29 is 23.5 Å². The Morgan fingerprint density at radius 2 is 1.74 bits per heavy atom. The highest BCUT2D eigenvalue weighted by Crippen LogP contribution is 2.36. The summed E-state index contributed by atoms with van der Waals surface area (Å²) in [5.41, 5.74) is 4.23. The average molecular weight is 517 g/mol. The molecule has 3 aromatic carbocycles. The van der Waals surface area contributed by atoms with Gasteiger partial charge in [-0.15, -0.1) is 0 Å². The fraction of sp³-hybridized carbons (Fsp3) is 0.290. The molecule has 0 spiro atoms. The molecule has 0 aliphatic heterocycles. The number of hydrogen-bond donors (Lipinski definition) is 2. The third kappa shape index (κ3) is 5.05. The third-order valence-electron chi connectivity index (χ3n) is 7.56. The highest BCUT2D eigenvalue weighted by molar-refractivity contribution is 5.89. The second kappa shape index (κ2) is 10.8. The average Bonchev–Trinajstić information content (AvgIpc) is 3.21. The minimum Gasteiger partial charge on any atom is -0.480 e. The lowest BCUT2D eigenvalue weighted by Gasteiger charge is -2.28. The SMILES string of the molecule is CCC(C(=O)O)n1c2c(c3cc(F)ccc31)C[C@@H](NC(=O)[C@@H](Cc1ccc(F)cc1)c1ccccc1)CC2. The number of carboxylic acid groups (broad SMARTS) is 1. The van der Waals surface area contributed by atoms with E-state index in [0.29, 0.717) is 43.0 Å². The first-order chi connectivity index (χ1) is 18.4. The maximum Gasteiger partial charge on any atom is 0.326 e. The molecule has 1 amide bonds. The highest BCUT2D eigenvalue weighted by Gasteiger charge is 2.32. The number of nitrogens with zero attached hydrogens (tertiary/aromatic N) is 1.